The molecule has 0 radical (unpaired) electrons. The van der Waals surface area contributed by atoms with Crippen molar-refractivity contribution in [2.24, 2.45) is 0 Å². The summed E-state index contributed by atoms with van der Waals surface area (Å²) in [5, 5.41) is 3.19. The molecule has 1 atom stereocenters. The monoisotopic (exact) mass is 481 g/mol. The van der Waals surface area contributed by atoms with Crippen molar-refractivity contribution in [3.05, 3.63) is 59.2 Å². The average Bonchev–Trinajstić information content (AvgIpc) is 2.89. The molecule has 1 aliphatic carbocycles. The number of nitrogens with zero attached hydrogens (tertiary/aromatic N) is 2. The van der Waals surface area contributed by atoms with Gasteiger partial charge in [0.25, 0.3) is 5.91 Å². The van der Waals surface area contributed by atoms with Gasteiger partial charge in [-0.1, -0.05) is 30.7 Å². The molecular weight excluding hydrogens is 446 g/mol. The van der Waals surface area contributed by atoms with E-state index in [4.69, 9.17) is 0 Å². The van der Waals surface area contributed by atoms with E-state index in [1.807, 2.05) is 18.2 Å². The fourth-order valence-corrected chi connectivity index (χ4v) is 7.40. The summed E-state index contributed by atoms with van der Waals surface area (Å²) < 4.78 is 29.1. The number of hydrogen-bond acceptors (Lipinski definition) is 4. The number of rotatable bonds is 5. The number of fused-ring (bicyclic) bond motifs is 1. The molecule has 0 aromatic heterocycles. The molecule has 1 amide bonds. The maximum absolute atomic E-state index is 13.7. The van der Waals surface area contributed by atoms with Crippen LogP contribution in [-0.4, -0.2) is 44.8 Å². The molecule has 2 fully saturated rings. The number of amides is 1. The van der Waals surface area contributed by atoms with Gasteiger partial charge in [0.15, 0.2) is 0 Å². The molecule has 3 aliphatic rings. The van der Waals surface area contributed by atoms with Gasteiger partial charge in [-0.15, -0.1) is 0 Å². The molecule has 2 heterocycles. The number of sulfonamides is 1. The predicted molar refractivity (Wildman–Crippen MR) is 135 cm³/mol. The zero-order valence-electron chi connectivity index (χ0n) is 19.8. The van der Waals surface area contributed by atoms with Crippen LogP contribution in [0.3, 0.4) is 0 Å². The summed E-state index contributed by atoms with van der Waals surface area (Å²) in [5.74, 6) is -0.206. The first kappa shape index (κ1) is 23.4. The van der Waals surface area contributed by atoms with E-state index in [0.717, 1.165) is 70.1 Å². The maximum atomic E-state index is 13.7. The molecule has 6 nitrogen and oxygen atoms in total. The molecule has 1 unspecified atom stereocenters. The number of carbonyl (C=O) groups is 1. The standard InChI is InChI=1S/C27H35N3O3S/c31-27(28-24-13-9-11-21-10-3-4-12-23(21)24)22-14-15-25(29-16-5-1-6-17-29)26(20-22)34(32,33)30-18-7-2-8-19-30/h3-4,10,12,14-15,20,24H,1-2,5-9,11,13,16-19H2,(H,28,31). The van der Waals surface area contributed by atoms with Crippen molar-refractivity contribution in [3.8, 4) is 0 Å². The molecule has 1 N–H and O–H groups in total. The first-order valence-corrected chi connectivity index (χ1v) is 14.3. The Labute approximate surface area is 203 Å². The summed E-state index contributed by atoms with van der Waals surface area (Å²) >= 11 is 0. The van der Waals surface area contributed by atoms with E-state index in [2.05, 4.69) is 22.3 Å². The molecule has 5 rings (SSSR count). The molecule has 0 spiro atoms. The third kappa shape index (κ3) is 4.73. The van der Waals surface area contributed by atoms with Gasteiger partial charge in [0, 0.05) is 31.7 Å². The Bertz CT molecular complexity index is 1140. The molecule has 2 aromatic rings. The van der Waals surface area contributed by atoms with Crippen LogP contribution in [0.4, 0.5) is 5.69 Å². The maximum Gasteiger partial charge on any atom is 0.251 e. The van der Waals surface area contributed by atoms with E-state index in [1.54, 1.807) is 16.4 Å². The van der Waals surface area contributed by atoms with Crippen molar-refractivity contribution < 1.29 is 13.2 Å². The van der Waals surface area contributed by atoms with Crippen LogP contribution in [0.5, 0.6) is 0 Å². The molecule has 0 bridgehead atoms. The van der Waals surface area contributed by atoms with Crippen molar-refractivity contribution in [2.45, 2.75) is 68.7 Å². The van der Waals surface area contributed by atoms with Gasteiger partial charge in [-0.05, 0) is 80.7 Å². The number of nitrogens with one attached hydrogen (secondary N) is 1. The van der Waals surface area contributed by atoms with Gasteiger partial charge in [0.05, 0.1) is 11.7 Å². The van der Waals surface area contributed by atoms with Crippen molar-refractivity contribution in [3.63, 3.8) is 0 Å². The SMILES string of the molecule is O=C(NC1CCCc2ccccc21)c1ccc(N2CCCCC2)c(S(=O)(=O)N2CCCCC2)c1. The van der Waals surface area contributed by atoms with Crippen molar-refractivity contribution >= 4 is 21.6 Å². The normalized spacial score (nSPS) is 21.6. The largest absolute Gasteiger partial charge is 0.370 e. The number of carbonyl (C=O) groups excluding carboxylic acids is 1. The van der Waals surface area contributed by atoms with Crippen molar-refractivity contribution in [2.75, 3.05) is 31.1 Å². The Morgan fingerprint density at radius 1 is 0.853 bits per heavy atom. The van der Waals surface area contributed by atoms with Gasteiger partial charge >= 0.3 is 0 Å². The Kier molecular flexibility index (Phi) is 6.93. The lowest BCUT2D eigenvalue weighted by molar-refractivity contribution is 0.0932. The minimum atomic E-state index is -3.67. The van der Waals surface area contributed by atoms with Crippen LogP contribution in [-0.2, 0) is 16.4 Å². The van der Waals surface area contributed by atoms with E-state index in [0.29, 0.717) is 18.7 Å². The number of benzene rings is 2. The highest BCUT2D eigenvalue weighted by Gasteiger charge is 2.31. The number of aryl methyl sites for hydroxylation is 1. The third-order valence-electron chi connectivity index (χ3n) is 7.53. The van der Waals surface area contributed by atoms with Crippen molar-refractivity contribution in [1.82, 2.24) is 9.62 Å². The summed E-state index contributed by atoms with van der Waals surface area (Å²) in [6, 6.07) is 13.5. The second-order valence-corrected chi connectivity index (χ2v) is 11.7. The number of piperidine rings is 2. The third-order valence-corrected chi connectivity index (χ3v) is 9.45. The van der Waals surface area contributed by atoms with Crippen LogP contribution in [0.25, 0.3) is 0 Å². The number of hydrogen-bond donors (Lipinski definition) is 1. The first-order chi connectivity index (χ1) is 16.5. The lowest BCUT2D eigenvalue weighted by Gasteiger charge is -2.33. The quantitative estimate of drug-likeness (QED) is 0.674. The van der Waals surface area contributed by atoms with E-state index < -0.39 is 10.0 Å². The van der Waals surface area contributed by atoms with Crippen LogP contribution in [0.1, 0.15) is 78.9 Å². The minimum Gasteiger partial charge on any atom is -0.370 e. The van der Waals surface area contributed by atoms with Gasteiger partial charge in [-0.2, -0.15) is 4.31 Å². The van der Waals surface area contributed by atoms with Crippen LogP contribution in [0.15, 0.2) is 47.4 Å². The second kappa shape index (κ2) is 10.1. The molecule has 2 aromatic carbocycles. The lowest BCUT2D eigenvalue weighted by atomic mass is 9.87. The molecule has 182 valence electrons. The summed E-state index contributed by atoms with van der Waals surface area (Å²) in [6.45, 7) is 2.81. The first-order valence-electron chi connectivity index (χ1n) is 12.8. The summed E-state index contributed by atoms with van der Waals surface area (Å²) in [7, 11) is -3.67. The molecule has 7 heteroatoms. The molecule has 0 saturated carbocycles. The van der Waals surface area contributed by atoms with Gasteiger partial charge in [-0.3, -0.25) is 4.79 Å². The Balaban J connectivity index is 1.46. The zero-order valence-corrected chi connectivity index (χ0v) is 20.7. The fourth-order valence-electron chi connectivity index (χ4n) is 5.65. The van der Waals surface area contributed by atoms with Crippen molar-refractivity contribution in [1.29, 1.82) is 0 Å². The Morgan fingerprint density at radius 3 is 2.32 bits per heavy atom. The van der Waals surface area contributed by atoms with Crippen LogP contribution in [0.2, 0.25) is 0 Å². The van der Waals surface area contributed by atoms with Crippen LogP contribution in [0, 0.1) is 0 Å². The van der Waals surface area contributed by atoms with E-state index in [9.17, 15) is 13.2 Å². The zero-order chi connectivity index (χ0) is 23.5. The molecule has 2 saturated heterocycles. The molecule has 2 aliphatic heterocycles. The highest BCUT2D eigenvalue weighted by atomic mass is 32.2. The summed E-state index contributed by atoms with van der Waals surface area (Å²) in [4.78, 5) is 15.8. The van der Waals surface area contributed by atoms with Gasteiger partial charge < -0.3 is 10.2 Å². The predicted octanol–water partition coefficient (Wildman–Crippen LogP) is 4.66. The van der Waals surface area contributed by atoms with Crippen LogP contribution < -0.4 is 10.2 Å². The lowest BCUT2D eigenvalue weighted by Crippen LogP contribution is -2.38. The molecule has 34 heavy (non-hydrogen) atoms. The molecular formula is C27H35N3O3S. The van der Waals surface area contributed by atoms with Crippen LogP contribution >= 0.6 is 0 Å². The van der Waals surface area contributed by atoms with E-state index >= 15 is 0 Å². The Morgan fingerprint density at radius 2 is 1.56 bits per heavy atom. The highest BCUT2D eigenvalue weighted by molar-refractivity contribution is 7.89. The summed E-state index contributed by atoms with van der Waals surface area (Å²) in [6.07, 6.45) is 9.10. The van der Waals surface area contributed by atoms with E-state index in [1.165, 1.54) is 17.5 Å². The Hall–Kier alpha value is -2.38. The average molecular weight is 482 g/mol. The van der Waals surface area contributed by atoms with Gasteiger partial charge in [-0.25, -0.2) is 8.42 Å². The highest BCUT2D eigenvalue weighted by Crippen LogP contribution is 2.33. The fraction of sp³-hybridized carbons (Fsp3) is 0.519. The van der Waals surface area contributed by atoms with Gasteiger partial charge in [0.2, 0.25) is 10.0 Å². The number of anilines is 1. The summed E-state index contributed by atoms with van der Waals surface area (Å²) in [5.41, 5.74) is 3.62. The topological polar surface area (TPSA) is 69.7 Å². The minimum absolute atomic E-state index is 0.0404. The van der Waals surface area contributed by atoms with Gasteiger partial charge in [0.1, 0.15) is 4.90 Å². The second-order valence-electron chi connectivity index (χ2n) is 9.81. The van der Waals surface area contributed by atoms with E-state index in [-0.39, 0.29) is 16.8 Å². The smallest absolute Gasteiger partial charge is 0.251 e.